The minimum absolute atomic E-state index is 0.377. The van der Waals surface area contributed by atoms with Gasteiger partial charge in [-0.2, -0.15) is 0 Å². The number of hydrogen-bond acceptors (Lipinski definition) is 4. The van der Waals surface area contributed by atoms with Gasteiger partial charge in [0.25, 0.3) is 0 Å². The molecule has 0 bridgehead atoms. The van der Waals surface area contributed by atoms with Crippen LogP contribution in [0, 0.1) is 6.92 Å². The highest BCUT2D eigenvalue weighted by atomic mass is 16.6. The van der Waals surface area contributed by atoms with Crippen LogP contribution < -0.4 is 16.4 Å². The molecule has 0 spiro atoms. The molecule has 1 aromatic rings. The molecule has 0 saturated heterocycles. The van der Waals surface area contributed by atoms with Gasteiger partial charge in [-0.05, 0) is 51.8 Å². The summed E-state index contributed by atoms with van der Waals surface area (Å²) in [7, 11) is 0. The second-order valence-electron chi connectivity index (χ2n) is 5.73. The van der Waals surface area contributed by atoms with Gasteiger partial charge in [0.1, 0.15) is 5.60 Å². The summed E-state index contributed by atoms with van der Waals surface area (Å²) in [5.74, 6) is 0. The zero-order valence-electron chi connectivity index (χ0n) is 12.7. The molecule has 0 heterocycles. The molecule has 0 fully saturated rings. The van der Waals surface area contributed by atoms with E-state index in [1.54, 1.807) is 0 Å². The molecule has 1 rings (SSSR count). The van der Waals surface area contributed by atoms with E-state index in [0.717, 1.165) is 29.9 Å². The average molecular weight is 279 g/mol. The molecule has 0 unspecified atom stereocenters. The zero-order chi connectivity index (χ0) is 15.2. The maximum atomic E-state index is 11.4. The molecule has 5 nitrogen and oxygen atoms in total. The van der Waals surface area contributed by atoms with Gasteiger partial charge in [-0.25, -0.2) is 4.79 Å². The summed E-state index contributed by atoms with van der Waals surface area (Å²) in [4.78, 5) is 11.4. The van der Waals surface area contributed by atoms with Crippen LogP contribution in [0.4, 0.5) is 16.2 Å². The lowest BCUT2D eigenvalue weighted by Gasteiger charge is -2.19. The number of anilines is 2. The third-order valence-corrected chi connectivity index (χ3v) is 2.71. The predicted molar refractivity (Wildman–Crippen MR) is 82.9 cm³/mol. The predicted octanol–water partition coefficient (Wildman–Crippen LogP) is 2.90. The van der Waals surface area contributed by atoms with E-state index in [1.165, 1.54) is 0 Å². The molecule has 0 saturated carbocycles. The molecule has 0 aliphatic heterocycles. The first-order valence-corrected chi connectivity index (χ1v) is 6.85. The number of carbonyl (C=O) groups excluding carboxylic acids is 1. The maximum absolute atomic E-state index is 11.4. The van der Waals surface area contributed by atoms with Crippen molar-refractivity contribution in [1.82, 2.24) is 5.32 Å². The normalized spacial score (nSPS) is 11.0. The highest BCUT2D eigenvalue weighted by Crippen LogP contribution is 2.20. The molecule has 112 valence electrons. The van der Waals surface area contributed by atoms with Crippen LogP contribution in [-0.2, 0) is 4.74 Å². The molecule has 0 aliphatic rings. The summed E-state index contributed by atoms with van der Waals surface area (Å²) in [5, 5.41) is 6.03. The van der Waals surface area contributed by atoms with Crippen molar-refractivity contribution in [3.8, 4) is 0 Å². The standard InChI is InChI=1S/C15H25N3O2/c1-11-12(16)7-5-8-13(11)17-9-6-10-18-14(19)20-15(2,3)4/h5,7-8,17H,6,9-10,16H2,1-4H3,(H,18,19). The van der Waals surface area contributed by atoms with Crippen molar-refractivity contribution in [2.24, 2.45) is 0 Å². The van der Waals surface area contributed by atoms with Crippen molar-refractivity contribution in [2.75, 3.05) is 24.1 Å². The van der Waals surface area contributed by atoms with Crippen molar-refractivity contribution in [2.45, 2.75) is 39.7 Å². The van der Waals surface area contributed by atoms with Gasteiger partial charge in [0.15, 0.2) is 0 Å². The number of alkyl carbamates (subject to hydrolysis) is 1. The van der Waals surface area contributed by atoms with E-state index in [1.807, 2.05) is 45.9 Å². The van der Waals surface area contributed by atoms with E-state index >= 15 is 0 Å². The van der Waals surface area contributed by atoms with Crippen LogP contribution in [-0.4, -0.2) is 24.8 Å². The van der Waals surface area contributed by atoms with Crippen molar-refractivity contribution in [1.29, 1.82) is 0 Å². The molecule has 0 atom stereocenters. The Morgan fingerprint density at radius 2 is 2.00 bits per heavy atom. The lowest BCUT2D eigenvalue weighted by molar-refractivity contribution is 0.0528. The fourth-order valence-corrected chi connectivity index (χ4v) is 1.66. The van der Waals surface area contributed by atoms with Gasteiger partial charge in [0, 0.05) is 24.5 Å². The number of nitrogens with one attached hydrogen (secondary N) is 2. The van der Waals surface area contributed by atoms with E-state index in [2.05, 4.69) is 10.6 Å². The molecular formula is C15H25N3O2. The van der Waals surface area contributed by atoms with Crippen LogP contribution in [0.3, 0.4) is 0 Å². The first-order valence-electron chi connectivity index (χ1n) is 6.85. The molecule has 20 heavy (non-hydrogen) atoms. The third-order valence-electron chi connectivity index (χ3n) is 2.71. The van der Waals surface area contributed by atoms with Crippen LogP contribution in [0.1, 0.15) is 32.8 Å². The fourth-order valence-electron chi connectivity index (χ4n) is 1.66. The molecule has 5 heteroatoms. The Hall–Kier alpha value is -1.91. The molecule has 1 amide bonds. The first kappa shape index (κ1) is 16.1. The monoisotopic (exact) mass is 279 g/mol. The van der Waals surface area contributed by atoms with Gasteiger partial charge >= 0.3 is 6.09 Å². The number of hydrogen-bond donors (Lipinski definition) is 3. The first-order chi connectivity index (χ1) is 9.29. The minimum Gasteiger partial charge on any atom is -0.444 e. The summed E-state index contributed by atoms with van der Waals surface area (Å²) in [6.45, 7) is 8.85. The van der Waals surface area contributed by atoms with E-state index in [9.17, 15) is 4.79 Å². The van der Waals surface area contributed by atoms with E-state index in [0.29, 0.717) is 6.54 Å². The van der Waals surface area contributed by atoms with Gasteiger partial charge < -0.3 is 21.1 Å². The molecule has 0 radical (unpaired) electrons. The highest BCUT2D eigenvalue weighted by molar-refractivity contribution is 5.67. The Bertz CT molecular complexity index is 453. The van der Waals surface area contributed by atoms with E-state index in [-0.39, 0.29) is 6.09 Å². The second kappa shape index (κ2) is 7.03. The number of nitrogens with two attached hydrogens (primary N) is 1. The number of nitrogen functional groups attached to an aromatic ring is 1. The van der Waals surface area contributed by atoms with Crippen LogP contribution in [0.25, 0.3) is 0 Å². The van der Waals surface area contributed by atoms with Crippen LogP contribution in [0.2, 0.25) is 0 Å². The fraction of sp³-hybridized carbons (Fsp3) is 0.533. The largest absolute Gasteiger partial charge is 0.444 e. The Morgan fingerprint density at radius 1 is 1.30 bits per heavy atom. The van der Waals surface area contributed by atoms with Gasteiger partial charge in [0.05, 0.1) is 0 Å². The lowest BCUT2D eigenvalue weighted by atomic mass is 10.1. The number of rotatable bonds is 5. The quantitative estimate of drug-likeness (QED) is 0.572. The molecular weight excluding hydrogens is 254 g/mol. The lowest BCUT2D eigenvalue weighted by Crippen LogP contribution is -2.33. The Kier molecular flexibility index (Phi) is 5.67. The van der Waals surface area contributed by atoms with Crippen molar-refractivity contribution < 1.29 is 9.53 Å². The molecule has 0 aromatic heterocycles. The summed E-state index contributed by atoms with van der Waals surface area (Å²) in [6.07, 6.45) is 0.436. The summed E-state index contributed by atoms with van der Waals surface area (Å²) >= 11 is 0. The molecule has 4 N–H and O–H groups in total. The van der Waals surface area contributed by atoms with Gasteiger partial charge in [-0.15, -0.1) is 0 Å². The zero-order valence-corrected chi connectivity index (χ0v) is 12.7. The van der Waals surface area contributed by atoms with Gasteiger partial charge in [-0.1, -0.05) is 6.07 Å². The van der Waals surface area contributed by atoms with E-state index < -0.39 is 5.60 Å². The second-order valence-corrected chi connectivity index (χ2v) is 5.73. The van der Waals surface area contributed by atoms with Gasteiger partial charge in [0.2, 0.25) is 0 Å². The number of ether oxygens (including phenoxy) is 1. The van der Waals surface area contributed by atoms with Crippen LogP contribution in [0.5, 0.6) is 0 Å². The number of carbonyl (C=O) groups is 1. The van der Waals surface area contributed by atoms with Crippen molar-refractivity contribution >= 4 is 17.5 Å². The third kappa shape index (κ3) is 5.82. The van der Waals surface area contributed by atoms with Crippen molar-refractivity contribution in [3.05, 3.63) is 23.8 Å². The Labute approximate surface area is 120 Å². The SMILES string of the molecule is Cc1c(N)cccc1NCCCNC(=O)OC(C)(C)C. The van der Waals surface area contributed by atoms with Crippen molar-refractivity contribution in [3.63, 3.8) is 0 Å². The summed E-state index contributed by atoms with van der Waals surface area (Å²) < 4.78 is 5.15. The van der Waals surface area contributed by atoms with Crippen LogP contribution >= 0.6 is 0 Å². The molecule has 0 aliphatic carbocycles. The Morgan fingerprint density at radius 3 is 2.65 bits per heavy atom. The van der Waals surface area contributed by atoms with Gasteiger partial charge in [-0.3, -0.25) is 0 Å². The smallest absolute Gasteiger partial charge is 0.407 e. The molecule has 1 aromatic carbocycles. The number of benzene rings is 1. The topological polar surface area (TPSA) is 76.4 Å². The maximum Gasteiger partial charge on any atom is 0.407 e. The van der Waals surface area contributed by atoms with Crippen LogP contribution in [0.15, 0.2) is 18.2 Å². The average Bonchev–Trinajstić information content (AvgIpc) is 2.31. The summed E-state index contributed by atoms with van der Waals surface area (Å²) in [5.41, 5.74) is 8.24. The number of amides is 1. The Balaban J connectivity index is 2.23. The minimum atomic E-state index is -0.457. The summed E-state index contributed by atoms with van der Waals surface area (Å²) in [6, 6.07) is 5.79. The highest BCUT2D eigenvalue weighted by Gasteiger charge is 2.15. The van der Waals surface area contributed by atoms with E-state index in [4.69, 9.17) is 10.5 Å².